The van der Waals surface area contributed by atoms with Crippen LogP contribution < -0.4 is 0 Å². The molecule has 0 aromatic heterocycles. The van der Waals surface area contributed by atoms with E-state index in [0.717, 1.165) is 31.3 Å². The molecule has 0 aliphatic heterocycles. The van der Waals surface area contributed by atoms with Crippen molar-refractivity contribution in [2.75, 3.05) is 0 Å². The van der Waals surface area contributed by atoms with Gasteiger partial charge in [0.05, 0.1) is 0 Å². The van der Waals surface area contributed by atoms with Gasteiger partial charge in [-0.15, -0.1) is 0 Å². The summed E-state index contributed by atoms with van der Waals surface area (Å²) < 4.78 is 0. The number of benzene rings is 1. The number of Topliss-reactive ketones (excluding diaryl/α,β-unsaturated/α-hetero) is 1. The van der Waals surface area contributed by atoms with Crippen molar-refractivity contribution in [3.8, 4) is 0 Å². The molecular formula is C16H20O2. The second kappa shape index (κ2) is 6.50. The maximum Gasteiger partial charge on any atom is 0.191 e. The maximum atomic E-state index is 12.2. The summed E-state index contributed by atoms with van der Waals surface area (Å²) in [7, 11) is 0. The number of rotatable bonds is 3. The summed E-state index contributed by atoms with van der Waals surface area (Å²) in [6.45, 7) is 0. The van der Waals surface area contributed by atoms with Crippen molar-refractivity contribution >= 4 is 5.78 Å². The fourth-order valence-electron chi connectivity index (χ4n) is 2.38. The van der Waals surface area contributed by atoms with Crippen LogP contribution in [-0.2, 0) is 4.79 Å². The van der Waals surface area contributed by atoms with Gasteiger partial charge in [0, 0.05) is 0 Å². The summed E-state index contributed by atoms with van der Waals surface area (Å²) in [4.78, 5) is 12.2. The fourth-order valence-corrected chi connectivity index (χ4v) is 2.38. The molecule has 1 aromatic rings. The molecule has 0 spiro atoms. The van der Waals surface area contributed by atoms with E-state index in [0.29, 0.717) is 5.56 Å². The lowest BCUT2D eigenvalue weighted by Crippen LogP contribution is -2.15. The summed E-state index contributed by atoms with van der Waals surface area (Å²) in [5, 5.41) is 10.1. The zero-order chi connectivity index (χ0) is 12.8. The van der Waals surface area contributed by atoms with Gasteiger partial charge in [-0.3, -0.25) is 4.79 Å². The van der Waals surface area contributed by atoms with Gasteiger partial charge in [-0.05, 0) is 36.8 Å². The van der Waals surface area contributed by atoms with Gasteiger partial charge in [-0.2, -0.15) is 0 Å². The van der Waals surface area contributed by atoms with E-state index in [4.69, 9.17) is 0 Å². The molecule has 0 bridgehead atoms. The van der Waals surface area contributed by atoms with Crippen LogP contribution in [0.2, 0.25) is 0 Å². The van der Waals surface area contributed by atoms with Crippen molar-refractivity contribution in [1.82, 2.24) is 0 Å². The SMILES string of the molecule is O=C(/C1=C/CCCCCC1)C(O)c1ccccc1. The number of hydrogen-bond acceptors (Lipinski definition) is 2. The Morgan fingerprint density at radius 3 is 2.56 bits per heavy atom. The van der Waals surface area contributed by atoms with Crippen LogP contribution in [0, 0.1) is 0 Å². The van der Waals surface area contributed by atoms with Gasteiger partial charge in [0.25, 0.3) is 0 Å². The Balaban J connectivity index is 2.10. The molecule has 1 unspecified atom stereocenters. The largest absolute Gasteiger partial charge is 0.380 e. The number of allylic oxidation sites excluding steroid dienone is 1. The van der Waals surface area contributed by atoms with Crippen LogP contribution in [0.5, 0.6) is 0 Å². The summed E-state index contributed by atoms with van der Waals surface area (Å²) >= 11 is 0. The topological polar surface area (TPSA) is 37.3 Å². The lowest BCUT2D eigenvalue weighted by Gasteiger charge is -2.14. The first-order valence-electron chi connectivity index (χ1n) is 6.75. The van der Waals surface area contributed by atoms with Crippen LogP contribution in [0.1, 0.15) is 50.2 Å². The highest BCUT2D eigenvalue weighted by molar-refractivity contribution is 5.99. The first kappa shape index (κ1) is 13.0. The van der Waals surface area contributed by atoms with Gasteiger partial charge in [-0.25, -0.2) is 0 Å². The molecule has 1 atom stereocenters. The van der Waals surface area contributed by atoms with Crippen molar-refractivity contribution < 1.29 is 9.90 Å². The predicted octanol–water partition coefficient (Wildman–Crippen LogP) is 3.57. The van der Waals surface area contributed by atoms with E-state index < -0.39 is 6.10 Å². The third kappa shape index (κ3) is 3.30. The molecule has 0 radical (unpaired) electrons. The first-order valence-corrected chi connectivity index (χ1v) is 6.75. The number of hydrogen-bond donors (Lipinski definition) is 1. The molecule has 1 N–H and O–H groups in total. The molecule has 18 heavy (non-hydrogen) atoms. The third-order valence-electron chi connectivity index (χ3n) is 3.47. The average molecular weight is 244 g/mol. The summed E-state index contributed by atoms with van der Waals surface area (Å²) in [6.07, 6.45) is 7.43. The van der Waals surface area contributed by atoms with Crippen LogP contribution in [-0.4, -0.2) is 10.9 Å². The van der Waals surface area contributed by atoms with Crippen molar-refractivity contribution in [1.29, 1.82) is 0 Å². The Morgan fingerprint density at radius 1 is 1.06 bits per heavy atom. The number of aliphatic hydroxyl groups excluding tert-OH is 1. The molecule has 0 amide bonds. The molecule has 0 saturated carbocycles. The Hall–Kier alpha value is -1.41. The molecule has 0 fully saturated rings. The summed E-state index contributed by atoms with van der Waals surface area (Å²) in [5.74, 6) is -0.122. The minimum atomic E-state index is -1.00. The predicted molar refractivity (Wildman–Crippen MR) is 72.2 cm³/mol. The standard InChI is InChI=1S/C16H20O2/c17-15(13-9-5-2-1-3-6-10-13)16(18)14-11-7-4-8-12-14/h4,7-9,11-12,16,18H,1-3,5-6,10H2/b13-9+. The van der Waals surface area contributed by atoms with E-state index >= 15 is 0 Å². The van der Waals surface area contributed by atoms with Gasteiger partial charge >= 0.3 is 0 Å². The van der Waals surface area contributed by atoms with Crippen LogP contribution >= 0.6 is 0 Å². The lowest BCUT2D eigenvalue weighted by molar-refractivity contribution is -0.123. The average Bonchev–Trinajstić information content (AvgIpc) is 2.38. The minimum absolute atomic E-state index is 0.122. The second-order valence-corrected chi connectivity index (χ2v) is 4.86. The van der Waals surface area contributed by atoms with Gasteiger partial charge in [0.2, 0.25) is 0 Å². The summed E-state index contributed by atoms with van der Waals surface area (Å²) in [6, 6.07) is 9.17. The van der Waals surface area contributed by atoms with Gasteiger partial charge in [0.1, 0.15) is 6.10 Å². The van der Waals surface area contributed by atoms with Crippen LogP contribution in [0.15, 0.2) is 42.0 Å². The highest BCUT2D eigenvalue weighted by Crippen LogP contribution is 2.23. The minimum Gasteiger partial charge on any atom is -0.380 e. The molecule has 0 saturated heterocycles. The van der Waals surface area contributed by atoms with Crippen molar-refractivity contribution in [2.24, 2.45) is 0 Å². The van der Waals surface area contributed by atoms with Crippen molar-refractivity contribution in [2.45, 2.75) is 44.6 Å². The normalized spacial score (nSPS) is 21.3. The van der Waals surface area contributed by atoms with Gasteiger partial charge in [-0.1, -0.05) is 49.2 Å². The van der Waals surface area contributed by atoms with Crippen molar-refractivity contribution in [3.63, 3.8) is 0 Å². The van der Waals surface area contributed by atoms with Crippen LogP contribution in [0.25, 0.3) is 0 Å². The molecular weight excluding hydrogens is 224 g/mol. The van der Waals surface area contributed by atoms with E-state index in [-0.39, 0.29) is 5.78 Å². The zero-order valence-corrected chi connectivity index (χ0v) is 10.6. The summed E-state index contributed by atoms with van der Waals surface area (Å²) in [5.41, 5.74) is 1.50. The smallest absolute Gasteiger partial charge is 0.191 e. The third-order valence-corrected chi connectivity index (χ3v) is 3.47. The number of carbonyl (C=O) groups is 1. The van der Waals surface area contributed by atoms with Crippen LogP contribution in [0.3, 0.4) is 0 Å². The van der Waals surface area contributed by atoms with E-state index in [1.54, 1.807) is 12.1 Å². The van der Waals surface area contributed by atoms with E-state index in [2.05, 4.69) is 0 Å². The Kier molecular flexibility index (Phi) is 4.71. The molecule has 2 rings (SSSR count). The van der Waals surface area contributed by atoms with E-state index in [1.807, 2.05) is 24.3 Å². The Labute approximate surface area is 108 Å². The fraction of sp³-hybridized carbons (Fsp3) is 0.438. The lowest BCUT2D eigenvalue weighted by atomic mass is 9.93. The van der Waals surface area contributed by atoms with Crippen LogP contribution in [0.4, 0.5) is 0 Å². The van der Waals surface area contributed by atoms with E-state index in [1.165, 1.54) is 12.8 Å². The molecule has 2 nitrogen and oxygen atoms in total. The molecule has 1 aliphatic carbocycles. The van der Waals surface area contributed by atoms with Gasteiger partial charge < -0.3 is 5.11 Å². The Bertz CT molecular complexity index is 420. The first-order chi connectivity index (χ1) is 8.79. The number of aliphatic hydroxyl groups is 1. The second-order valence-electron chi connectivity index (χ2n) is 4.86. The molecule has 1 aliphatic rings. The number of carbonyl (C=O) groups excluding carboxylic acids is 1. The van der Waals surface area contributed by atoms with E-state index in [9.17, 15) is 9.90 Å². The highest BCUT2D eigenvalue weighted by atomic mass is 16.3. The Morgan fingerprint density at radius 2 is 1.78 bits per heavy atom. The zero-order valence-electron chi connectivity index (χ0n) is 10.6. The molecule has 1 aromatic carbocycles. The van der Waals surface area contributed by atoms with Gasteiger partial charge in [0.15, 0.2) is 5.78 Å². The molecule has 0 heterocycles. The quantitative estimate of drug-likeness (QED) is 0.882. The maximum absolute atomic E-state index is 12.2. The molecule has 96 valence electrons. The highest BCUT2D eigenvalue weighted by Gasteiger charge is 2.21. The number of ketones is 1. The molecule has 2 heteroatoms. The van der Waals surface area contributed by atoms with Crippen molar-refractivity contribution in [3.05, 3.63) is 47.5 Å². The monoisotopic (exact) mass is 244 g/mol.